The van der Waals surface area contributed by atoms with Crippen molar-refractivity contribution < 1.29 is 0 Å². The Kier molecular flexibility index (Phi) is 6.51. The molecule has 4 nitrogen and oxygen atoms in total. The summed E-state index contributed by atoms with van der Waals surface area (Å²) in [6.07, 6.45) is 2.60. The zero-order valence-electron chi connectivity index (χ0n) is 13.4. The number of nitrogens with zero attached hydrogens (tertiary/aromatic N) is 2. The molecule has 0 bridgehead atoms. The number of hydrogen-bond donors (Lipinski definition) is 2. The summed E-state index contributed by atoms with van der Waals surface area (Å²) in [5.41, 5.74) is 0. The van der Waals surface area contributed by atoms with Gasteiger partial charge in [0.05, 0.1) is 6.54 Å². The lowest BCUT2D eigenvalue weighted by Crippen LogP contribution is -2.44. The second kappa shape index (κ2) is 8.39. The van der Waals surface area contributed by atoms with Gasteiger partial charge in [-0.25, -0.2) is 0 Å². The van der Waals surface area contributed by atoms with E-state index in [-0.39, 0.29) is 0 Å². The van der Waals surface area contributed by atoms with E-state index in [2.05, 4.69) is 53.9 Å². The predicted molar refractivity (Wildman–Crippen MR) is 92.4 cm³/mol. The van der Waals surface area contributed by atoms with Crippen LogP contribution in [0.3, 0.4) is 0 Å². The normalized spacial score (nSPS) is 21.5. The van der Waals surface area contributed by atoms with Gasteiger partial charge in [0.25, 0.3) is 0 Å². The van der Waals surface area contributed by atoms with E-state index in [1.165, 1.54) is 24.3 Å². The molecule has 1 fully saturated rings. The van der Waals surface area contributed by atoms with Crippen LogP contribution >= 0.6 is 11.3 Å². The van der Waals surface area contributed by atoms with E-state index in [0.29, 0.717) is 12.0 Å². The van der Waals surface area contributed by atoms with Gasteiger partial charge < -0.3 is 15.5 Å². The Bertz CT molecular complexity index is 429. The molecule has 0 aromatic carbocycles. The van der Waals surface area contributed by atoms with Gasteiger partial charge in [-0.15, -0.1) is 11.3 Å². The number of hydrogen-bond acceptors (Lipinski definition) is 3. The molecule has 0 spiro atoms. The Labute approximate surface area is 132 Å². The average molecular weight is 308 g/mol. The molecule has 0 radical (unpaired) electrons. The summed E-state index contributed by atoms with van der Waals surface area (Å²) in [4.78, 5) is 8.58. The first-order chi connectivity index (χ1) is 10.2. The summed E-state index contributed by atoms with van der Waals surface area (Å²) in [6, 6.07) is 4.95. The van der Waals surface area contributed by atoms with Gasteiger partial charge in [-0.2, -0.15) is 0 Å². The van der Waals surface area contributed by atoms with Crippen molar-refractivity contribution in [3.63, 3.8) is 0 Å². The van der Waals surface area contributed by atoms with Crippen LogP contribution in [0.25, 0.3) is 0 Å². The molecule has 118 valence electrons. The summed E-state index contributed by atoms with van der Waals surface area (Å²) >= 11 is 1.81. The Hall–Kier alpha value is -1.07. The summed E-state index contributed by atoms with van der Waals surface area (Å²) < 4.78 is 0. The van der Waals surface area contributed by atoms with Crippen LogP contribution in [0.2, 0.25) is 0 Å². The third-order valence-electron chi connectivity index (χ3n) is 4.07. The molecular formula is C16H28N4S. The fourth-order valence-corrected chi connectivity index (χ4v) is 3.46. The van der Waals surface area contributed by atoms with Crippen LogP contribution in [0, 0.1) is 0 Å². The van der Waals surface area contributed by atoms with Crippen LogP contribution in [0.1, 0.15) is 37.5 Å². The summed E-state index contributed by atoms with van der Waals surface area (Å²) in [7, 11) is 2.21. The molecule has 2 rings (SSSR count). The van der Waals surface area contributed by atoms with Crippen molar-refractivity contribution in [1.82, 2.24) is 15.5 Å². The van der Waals surface area contributed by atoms with Gasteiger partial charge in [-0.1, -0.05) is 13.0 Å². The lowest BCUT2D eigenvalue weighted by Gasteiger charge is -2.21. The first-order valence-electron chi connectivity index (χ1n) is 7.96. The third kappa shape index (κ3) is 5.00. The van der Waals surface area contributed by atoms with Crippen LogP contribution in [0.4, 0.5) is 0 Å². The largest absolute Gasteiger partial charge is 0.357 e. The SMILES string of the molecule is CCNC(=NCC(C)c1cccs1)NCC1CCCN1C. The minimum absolute atomic E-state index is 0.481. The van der Waals surface area contributed by atoms with Gasteiger partial charge in [0.1, 0.15) is 0 Å². The maximum absolute atomic E-state index is 4.74. The molecule has 1 aromatic heterocycles. The summed E-state index contributed by atoms with van der Waals surface area (Å²) in [5.74, 6) is 1.43. The van der Waals surface area contributed by atoms with Gasteiger partial charge in [0.15, 0.2) is 5.96 Å². The third-order valence-corrected chi connectivity index (χ3v) is 5.18. The van der Waals surface area contributed by atoms with Crippen molar-refractivity contribution in [2.75, 3.05) is 33.2 Å². The molecule has 1 aromatic rings. The van der Waals surface area contributed by atoms with Crippen molar-refractivity contribution in [1.29, 1.82) is 0 Å². The van der Waals surface area contributed by atoms with Crippen molar-refractivity contribution in [2.24, 2.45) is 4.99 Å². The topological polar surface area (TPSA) is 39.7 Å². The first kappa shape index (κ1) is 16.3. The Morgan fingerprint density at radius 3 is 3.00 bits per heavy atom. The fraction of sp³-hybridized carbons (Fsp3) is 0.688. The monoisotopic (exact) mass is 308 g/mol. The average Bonchev–Trinajstić information content (AvgIpc) is 3.13. The number of nitrogens with one attached hydrogen (secondary N) is 2. The smallest absolute Gasteiger partial charge is 0.191 e. The highest BCUT2D eigenvalue weighted by Crippen LogP contribution is 2.20. The highest BCUT2D eigenvalue weighted by Gasteiger charge is 2.20. The zero-order valence-corrected chi connectivity index (χ0v) is 14.2. The highest BCUT2D eigenvalue weighted by atomic mass is 32.1. The molecular weight excluding hydrogens is 280 g/mol. The highest BCUT2D eigenvalue weighted by molar-refractivity contribution is 7.10. The molecule has 1 aliphatic heterocycles. The molecule has 1 aliphatic rings. The van der Waals surface area contributed by atoms with Gasteiger partial charge in [0, 0.05) is 29.9 Å². The summed E-state index contributed by atoms with van der Waals surface area (Å²) in [5, 5.41) is 8.97. The second-order valence-corrected chi connectivity index (χ2v) is 6.77. The van der Waals surface area contributed by atoms with Gasteiger partial charge in [0.2, 0.25) is 0 Å². The van der Waals surface area contributed by atoms with E-state index in [9.17, 15) is 0 Å². The van der Waals surface area contributed by atoms with Crippen molar-refractivity contribution >= 4 is 17.3 Å². The van der Waals surface area contributed by atoms with Crippen LogP contribution in [0.5, 0.6) is 0 Å². The Morgan fingerprint density at radius 1 is 1.52 bits per heavy atom. The maximum atomic E-state index is 4.74. The molecule has 2 N–H and O–H groups in total. The maximum Gasteiger partial charge on any atom is 0.191 e. The standard InChI is InChI=1S/C16H28N4S/c1-4-17-16(19-12-14-7-5-9-20(14)3)18-11-13(2)15-8-6-10-21-15/h6,8,10,13-14H,4-5,7,9,11-12H2,1-3H3,(H2,17,18,19). The van der Waals surface area contributed by atoms with Crippen LogP contribution in [0.15, 0.2) is 22.5 Å². The Morgan fingerprint density at radius 2 is 2.38 bits per heavy atom. The molecule has 1 saturated heterocycles. The van der Waals surface area contributed by atoms with Crippen LogP contribution in [-0.4, -0.2) is 50.1 Å². The molecule has 2 heterocycles. The molecule has 5 heteroatoms. The van der Waals surface area contributed by atoms with Gasteiger partial charge >= 0.3 is 0 Å². The number of likely N-dealkylation sites (N-methyl/N-ethyl adjacent to an activating group) is 1. The van der Waals surface area contributed by atoms with Crippen molar-refractivity contribution in [3.05, 3.63) is 22.4 Å². The molecule has 2 atom stereocenters. The van der Waals surface area contributed by atoms with Gasteiger partial charge in [-0.05, 0) is 44.8 Å². The second-order valence-electron chi connectivity index (χ2n) is 5.79. The van der Waals surface area contributed by atoms with Crippen LogP contribution < -0.4 is 10.6 Å². The minimum Gasteiger partial charge on any atom is -0.357 e. The molecule has 21 heavy (non-hydrogen) atoms. The van der Waals surface area contributed by atoms with E-state index in [0.717, 1.165) is 25.6 Å². The summed E-state index contributed by atoms with van der Waals surface area (Å²) in [6.45, 7) is 8.28. The van der Waals surface area contributed by atoms with Crippen molar-refractivity contribution in [2.45, 2.75) is 38.6 Å². The van der Waals surface area contributed by atoms with E-state index in [4.69, 9.17) is 4.99 Å². The minimum atomic E-state index is 0.481. The predicted octanol–water partition coefficient (Wildman–Crippen LogP) is 2.50. The van der Waals surface area contributed by atoms with E-state index in [1.54, 1.807) is 0 Å². The van der Waals surface area contributed by atoms with Crippen LogP contribution in [-0.2, 0) is 0 Å². The zero-order chi connectivity index (χ0) is 15.1. The molecule has 0 amide bonds. The lowest BCUT2D eigenvalue weighted by molar-refractivity contribution is 0.309. The number of rotatable bonds is 6. The first-order valence-corrected chi connectivity index (χ1v) is 8.84. The van der Waals surface area contributed by atoms with E-state index < -0.39 is 0 Å². The molecule has 0 saturated carbocycles. The quantitative estimate of drug-likeness (QED) is 0.626. The van der Waals surface area contributed by atoms with E-state index in [1.807, 2.05) is 11.3 Å². The molecule has 0 aliphatic carbocycles. The number of guanidine groups is 1. The number of likely N-dealkylation sites (tertiary alicyclic amines) is 1. The Balaban J connectivity index is 1.83. The van der Waals surface area contributed by atoms with Gasteiger partial charge in [-0.3, -0.25) is 4.99 Å². The lowest BCUT2D eigenvalue weighted by atomic mass is 10.1. The number of thiophene rings is 1. The fourth-order valence-electron chi connectivity index (χ4n) is 2.68. The number of aliphatic imine (C=N–C) groups is 1. The molecule has 2 unspecified atom stereocenters. The van der Waals surface area contributed by atoms with Crippen molar-refractivity contribution in [3.8, 4) is 0 Å². The van der Waals surface area contributed by atoms with E-state index >= 15 is 0 Å².